The summed E-state index contributed by atoms with van der Waals surface area (Å²) in [6, 6.07) is 10.1. The van der Waals surface area contributed by atoms with Gasteiger partial charge in [-0.15, -0.1) is 0 Å². The second kappa shape index (κ2) is 8.87. The molecule has 0 bridgehead atoms. The Morgan fingerprint density at radius 3 is 2.70 bits per heavy atom. The fourth-order valence-corrected chi connectivity index (χ4v) is 3.22. The van der Waals surface area contributed by atoms with E-state index in [0.29, 0.717) is 35.1 Å². The minimum absolute atomic E-state index is 0.340. The molecular weight excluding hydrogens is 442 g/mol. The third-order valence-electron chi connectivity index (χ3n) is 4.71. The van der Waals surface area contributed by atoms with Crippen LogP contribution in [-0.2, 0) is 12.7 Å². The molecule has 0 unspecified atom stereocenters. The second-order valence-corrected chi connectivity index (χ2v) is 6.98. The summed E-state index contributed by atoms with van der Waals surface area (Å²) in [6.07, 6.45) is -2.07. The highest BCUT2D eigenvalue weighted by atomic mass is 19.4. The van der Waals surface area contributed by atoms with E-state index in [4.69, 9.17) is 4.74 Å². The van der Waals surface area contributed by atoms with Gasteiger partial charge in [-0.1, -0.05) is 6.07 Å². The molecular formula is C22H17F4N5O2. The third-order valence-corrected chi connectivity index (χ3v) is 4.71. The summed E-state index contributed by atoms with van der Waals surface area (Å²) < 4.78 is 59.9. The van der Waals surface area contributed by atoms with Gasteiger partial charge in [0, 0.05) is 24.2 Å². The zero-order valence-electron chi connectivity index (χ0n) is 17.2. The van der Waals surface area contributed by atoms with Crippen LogP contribution >= 0.6 is 0 Å². The number of nitrogens with zero attached hydrogens (tertiary/aromatic N) is 3. The van der Waals surface area contributed by atoms with Crippen molar-refractivity contribution in [2.24, 2.45) is 0 Å². The number of hydrogen-bond acceptors (Lipinski definition) is 5. The van der Waals surface area contributed by atoms with E-state index in [1.165, 1.54) is 12.5 Å². The molecule has 7 nitrogen and oxygen atoms in total. The normalized spacial score (nSPS) is 11.5. The minimum atomic E-state index is -4.88. The van der Waals surface area contributed by atoms with E-state index < -0.39 is 29.3 Å². The highest BCUT2D eigenvalue weighted by molar-refractivity contribution is 5.98. The van der Waals surface area contributed by atoms with Crippen LogP contribution in [0.1, 0.15) is 11.3 Å². The number of amides is 1. The van der Waals surface area contributed by atoms with Crippen molar-refractivity contribution in [2.45, 2.75) is 12.7 Å². The van der Waals surface area contributed by atoms with Crippen LogP contribution < -0.4 is 15.4 Å². The van der Waals surface area contributed by atoms with E-state index in [1.54, 1.807) is 37.4 Å². The lowest BCUT2D eigenvalue weighted by molar-refractivity contribution is -0.139. The number of alkyl halides is 3. The van der Waals surface area contributed by atoms with Gasteiger partial charge in [-0.2, -0.15) is 13.2 Å². The smallest absolute Gasteiger partial charge is 0.419 e. The second-order valence-electron chi connectivity index (χ2n) is 6.98. The number of nitrogens with one attached hydrogen (secondary N) is 2. The van der Waals surface area contributed by atoms with Crippen molar-refractivity contribution in [1.82, 2.24) is 19.9 Å². The predicted molar refractivity (Wildman–Crippen MR) is 113 cm³/mol. The monoisotopic (exact) mass is 459 g/mol. The summed E-state index contributed by atoms with van der Waals surface area (Å²) in [5.74, 6) is -0.751. The Labute approximate surface area is 185 Å². The minimum Gasteiger partial charge on any atom is -0.439 e. The molecule has 0 aliphatic carbocycles. The van der Waals surface area contributed by atoms with Crippen LogP contribution in [0.2, 0.25) is 0 Å². The van der Waals surface area contributed by atoms with Gasteiger partial charge in [0.25, 0.3) is 0 Å². The SMILES string of the molecule is CNCc1cc(Oc2ccc3c(ccn3C(=O)Nc3cccc(C(F)(F)F)c3F)c2)ncn1. The molecule has 2 aromatic heterocycles. The van der Waals surface area contributed by atoms with E-state index >= 15 is 0 Å². The first kappa shape index (κ1) is 22.2. The molecule has 0 radical (unpaired) electrons. The molecule has 4 aromatic rings. The summed E-state index contributed by atoms with van der Waals surface area (Å²) in [7, 11) is 1.79. The molecule has 4 rings (SSSR count). The predicted octanol–water partition coefficient (Wildman–Crippen LogP) is 5.18. The summed E-state index contributed by atoms with van der Waals surface area (Å²) in [4.78, 5) is 20.8. The molecule has 2 aromatic carbocycles. The number of carbonyl (C=O) groups excluding carboxylic acids is 1. The van der Waals surface area contributed by atoms with Crippen molar-refractivity contribution in [3.05, 3.63) is 78.1 Å². The molecule has 0 atom stereocenters. The standard InChI is InChI=1S/C22H17F4N5O2/c1-27-11-14-10-19(29-12-28-14)33-15-5-6-18-13(9-15)7-8-31(18)21(32)30-17-4-2-3-16(20(17)23)22(24,25)26/h2-10,12,27H,11H2,1H3,(H,30,32). The lowest BCUT2D eigenvalue weighted by Gasteiger charge is -2.13. The van der Waals surface area contributed by atoms with Crippen LogP contribution in [0.15, 0.2) is 61.1 Å². The van der Waals surface area contributed by atoms with E-state index in [1.807, 2.05) is 0 Å². The van der Waals surface area contributed by atoms with E-state index in [2.05, 4.69) is 20.6 Å². The number of fused-ring (bicyclic) bond motifs is 1. The van der Waals surface area contributed by atoms with Crippen molar-refractivity contribution in [2.75, 3.05) is 12.4 Å². The largest absolute Gasteiger partial charge is 0.439 e. The molecule has 11 heteroatoms. The van der Waals surface area contributed by atoms with Gasteiger partial charge < -0.3 is 15.4 Å². The Morgan fingerprint density at radius 1 is 1.12 bits per heavy atom. The zero-order chi connectivity index (χ0) is 23.6. The van der Waals surface area contributed by atoms with Gasteiger partial charge in [0.1, 0.15) is 12.1 Å². The van der Waals surface area contributed by atoms with Crippen LogP contribution in [-0.4, -0.2) is 27.6 Å². The summed E-state index contributed by atoms with van der Waals surface area (Å²) in [6.45, 7) is 0.544. The first-order valence-corrected chi connectivity index (χ1v) is 9.68. The van der Waals surface area contributed by atoms with Crippen LogP contribution in [0.3, 0.4) is 0 Å². The van der Waals surface area contributed by atoms with E-state index in [0.717, 1.165) is 22.4 Å². The van der Waals surface area contributed by atoms with E-state index in [-0.39, 0.29) is 0 Å². The molecule has 2 heterocycles. The maximum Gasteiger partial charge on any atom is 0.419 e. The summed E-state index contributed by atoms with van der Waals surface area (Å²) in [5.41, 5.74) is -0.834. The lowest BCUT2D eigenvalue weighted by Crippen LogP contribution is -2.20. The highest BCUT2D eigenvalue weighted by Gasteiger charge is 2.35. The van der Waals surface area contributed by atoms with Crippen LogP contribution in [0.4, 0.5) is 28.0 Å². The number of anilines is 1. The molecule has 0 aliphatic rings. The van der Waals surface area contributed by atoms with Gasteiger partial charge in [-0.05, 0) is 43.4 Å². The number of carbonyl (C=O) groups is 1. The maximum atomic E-state index is 14.2. The molecule has 0 saturated heterocycles. The third kappa shape index (κ3) is 4.77. The number of ether oxygens (including phenoxy) is 1. The molecule has 0 spiro atoms. The number of hydrogen-bond donors (Lipinski definition) is 2. The molecule has 33 heavy (non-hydrogen) atoms. The first-order valence-electron chi connectivity index (χ1n) is 9.68. The summed E-state index contributed by atoms with van der Waals surface area (Å²) >= 11 is 0. The van der Waals surface area contributed by atoms with Crippen molar-refractivity contribution < 1.29 is 27.1 Å². The average molecular weight is 459 g/mol. The fraction of sp³-hybridized carbons (Fsp3) is 0.136. The Balaban J connectivity index is 1.55. The number of aromatic nitrogens is 3. The Morgan fingerprint density at radius 2 is 1.94 bits per heavy atom. The van der Waals surface area contributed by atoms with E-state index in [9.17, 15) is 22.4 Å². The van der Waals surface area contributed by atoms with Crippen LogP contribution in [0.25, 0.3) is 10.9 Å². The summed E-state index contributed by atoms with van der Waals surface area (Å²) in [5, 5.41) is 5.78. The van der Waals surface area contributed by atoms with Crippen molar-refractivity contribution >= 4 is 22.6 Å². The Bertz CT molecular complexity index is 1320. The van der Waals surface area contributed by atoms with Crippen LogP contribution in [0.5, 0.6) is 11.6 Å². The van der Waals surface area contributed by atoms with Crippen molar-refractivity contribution in [1.29, 1.82) is 0 Å². The van der Waals surface area contributed by atoms with Gasteiger partial charge in [0.05, 0.1) is 22.5 Å². The zero-order valence-corrected chi connectivity index (χ0v) is 17.2. The van der Waals surface area contributed by atoms with Crippen molar-refractivity contribution in [3.63, 3.8) is 0 Å². The lowest BCUT2D eigenvalue weighted by atomic mass is 10.2. The molecule has 1 amide bonds. The molecule has 0 aliphatic heterocycles. The van der Waals surface area contributed by atoms with Gasteiger partial charge in [-0.25, -0.2) is 19.2 Å². The number of benzene rings is 2. The maximum absolute atomic E-state index is 14.2. The average Bonchev–Trinajstić information content (AvgIpc) is 3.18. The Hall–Kier alpha value is -3.99. The van der Waals surface area contributed by atoms with Gasteiger partial charge in [0.15, 0.2) is 5.82 Å². The van der Waals surface area contributed by atoms with Crippen LogP contribution in [0, 0.1) is 5.82 Å². The quantitative estimate of drug-likeness (QED) is 0.402. The molecule has 170 valence electrons. The van der Waals surface area contributed by atoms with Gasteiger partial charge in [-0.3, -0.25) is 4.57 Å². The number of halogens is 4. The van der Waals surface area contributed by atoms with Gasteiger partial charge in [0.2, 0.25) is 5.88 Å². The van der Waals surface area contributed by atoms with Crippen molar-refractivity contribution in [3.8, 4) is 11.6 Å². The topological polar surface area (TPSA) is 81.1 Å². The van der Waals surface area contributed by atoms with Gasteiger partial charge >= 0.3 is 12.2 Å². The highest BCUT2D eigenvalue weighted by Crippen LogP contribution is 2.34. The molecule has 0 saturated carbocycles. The number of rotatable bonds is 5. The molecule has 2 N–H and O–H groups in total. The Kier molecular flexibility index (Phi) is 5.97. The fourth-order valence-electron chi connectivity index (χ4n) is 3.22. The first-order chi connectivity index (χ1) is 15.8. The molecule has 0 fully saturated rings.